The fraction of sp³-hybridized carbons (Fsp3) is 0.571. The van der Waals surface area contributed by atoms with Gasteiger partial charge in [-0.05, 0) is 0 Å². The first kappa shape index (κ1) is 15.2. The number of rotatable bonds is 4. The molecule has 0 unspecified atom stereocenters. The van der Waals surface area contributed by atoms with Crippen LogP contribution >= 0.6 is 0 Å². The van der Waals surface area contributed by atoms with E-state index in [1.54, 1.807) is 17.9 Å². The molecule has 0 saturated carbocycles. The van der Waals surface area contributed by atoms with Crippen molar-refractivity contribution in [3.8, 4) is 0 Å². The molecule has 0 bridgehead atoms. The molecular weight excluding hydrogens is 272 g/mol. The summed E-state index contributed by atoms with van der Waals surface area (Å²) in [5.74, 6) is 0.853. The van der Waals surface area contributed by atoms with Crippen LogP contribution in [0.3, 0.4) is 0 Å². The number of amides is 1. The second-order valence-electron chi connectivity index (χ2n) is 5.41. The van der Waals surface area contributed by atoms with E-state index >= 15 is 0 Å². The number of nitrogens with one attached hydrogen (secondary N) is 1. The third-order valence-electron chi connectivity index (χ3n) is 3.33. The molecule has 0 atom stereocenters. The van der Waals surface area contributed by atoms with Crippen LogP contribution in [0.5, 0.6) is 0 Å². The van der Waals surface area contributed by atoms with Gasteiger partial charge in [-0.3, -0.25) is 4.79 Å². The molecule has 2 rings (SSSR count). The van der Waals surface area contributed by atoms with E-state index in [0.29, 0.717) is 24.7 Å². The van der Waals surface area contributed by atoms with Gasteiger partial charge in [-0.2, -0.15) is 0 Å². The number of carbonyl (C=O) groups is 2. The number of methoxy groups -OCH3 is 1. The van der Waals surface area contributed by atoms with E-state index in [0.717, 1.165) is 0 Å². The van der Waals surface area contributed by atoms with E-state index in [4.69, 9.17) is 4.74 Å². The highest BCUT2D eigenvalue weighted by molar-refractivity contribution is 5.88. The van der Waals surface area contributed by atoms with Gasteiger partial charge in [0.1, 0.15) is 11.6 Å². The molecule has 7 heteroatoms. The monoisotopic (exact) mass is 292 g/mol. The van der Waals surface area contributed by atoms with E-state index in [9.17, 15) is 9.59 Å². The number of aromatic nitrogens is 2. The zero-order valence-electron chi connectivity index (χ0n) is 12.7. The van der Waals surface area contributed by atoms with E-state index in [2.05, 4.69) is 15.3 Å². The maximum Gasteiger partial charge on any atom is 0.356 e. The van der Waals surface area contributed by atoms with Gasteiger partial charge in [-0.15, -0.1) is 0 Å². The van der Waals surface area contributed by atoms with Gasteiger partial charge in [0.15, 0.2) is 5.69 Å². The summed E-state index contributed by atoms with van der Waals surface area (Å²) in [6.07, 6.45) is 0. The van der Waals surface area contributed by atoms with Gasteiger partial charge in [0, 0.05) is 32.0 Å². The van der Waals surface area contributed by atoms with Crippen molar-refractivity contribution in [3.05, 3.63) is 17.6 Å². The van der Waals surface area contributed by atoms with Gasteiger partial charge in [0.05, 0.1) is 13.2 Å². The molecule has 1 N–H and O–H groups in total. The van der Waals surface area contributed by atoms with Crippen molar-refractivity contribution in [2.24, 2.45) is 0 Å². The third kappa shape index (κ3) is 3.48. The second-order valence-corrected chi connectivity index (χ2v) is 5.41. The van der Waals surface area contributed by atoms with Gasteiger partial charge in [-0.1, -0.05) is 13.8 Å². The normalized spacial score (nSPS) is 14.8. The zero-order chi connectivity index (χ0) is 15.6. The highest BCUT2D eigenvalue weighted by Gasteiger charge is 2.29. The van der Waals surface area contributed by atoms with Gasteiger partial charge >= 0.3 is 5.97 Å². The Bertz CT molecular complexity index is 553. The summed E-state index contributed by atoms with van der Waals surface area (Å²) >= 11 is 0. The number of likely N-dealkylation sites (tertiary alicyclic amines) is 1. The SMILES string of the molecule is COC(=O)c1cc(NC2CN(C(C)=O)C2)nc(C(C)C)n1. The number of nitrogens with zero attached hydrogens (tertiary/aromatic N) is 3. The number of hydrogen-bond donors (Lipinski definition) is 1. The van der Waals surface area contributed by atoms with Crippen LogP contribution < -0.4 is 5.32 Å². The quantitative estimate of drug-likeness (QED) is 0.834. The van der Waals surface area contributed by atoms with Crippen LogP contribution in [0.2, 0.25) is 0 Å². The minimum absolute atomic E-state index is 0.0638. The second kappa shape index (κ2) is 6.07. The van der Waals surface area contributed by atoms with Crippen molar-refractivity contribution in [2.75, 3.05) is 25.5 Å². The molecule has 1 saturated heterocycles. The molecule has 21 heavy (non-hydrogen) atoms. The van der Waals surface area contributed by atoms with Crippen molar-refractivity contribution < 1.29 is 14.3 Å². The minimum Gasteiger partial charge on any atom is -0.464 e. The predicted octanol–water partition coefficient (Wildman–Crippen LogP) is 1.03. The summed E-state index contributed by atoms with van der Waals surface area (Å²) in [6.45, 7) is 6.75. The summed E-state index contributed by atoms with van der Waals surface area (Å²) in [7, 11) is 1.32. The summed E-state index contributed by atoms with van der Waals surface area (Å²) in [4.78, 5) is 33.2. The lowest BCUT2D eigenvalue weighted by Crippen LogP contribution is -2.56. The lowest BCUT2D eigenvalue weighted by Gasteiger charge is -2.39. The lowest BCUT2D eigenvalue weighted by atomic mass is 10.1. The maximum absolute atomic E-state index is 11.7. The van der Waals surface area contributed by atoms with E-state index in [1.807, 2.05) is 13.8 Å². The molecule has 0 spiro atoms. The summed E-state index contributed by atoms with van der Waals surface area (Å²) in [5, 5.41) is 3.23. The van der Waals surface area contributed by atoms with Crippen LogP contribution in [0.1, 0.15) is 43.0 Å². The van der Waals surface area contributed by atoms with Gasteiger partial charge in [-0.25, -0.2) is 14.8 Å². The Morgan fingerprint density at radius 2 is 2.05 bits per heavy atom. The van der Waals surface area contributed by atoms with E-state index in [1.165, 1.54) is 7.11 Å². The molecule has 1 aliphatic heterocycles. The summed E-state index contributed by atoms with van der Waals surface area (Å²) < 4.78 is 4.71. The average Bonchev–Trinajstić information content (AvgIpc) is 2.40. The molecule has 0 aromatic carbocycles. The molecule has 0 aliphatic carbocycles. The smallest absolute Gasteiger partial charge is 0.356 e. The average molecular weight is 292 g/mol. The molecule has 0 radical (unpaired) electrons. The topological polar surface area (TPSA) is 84.4 Å². The van der Waals surface area contributed by atoms with Crippen molar-refractivity contribution in [3.63, 3.8) is 0 Å². The van der Waals surface area contributed by atoms with Gasteiger partial charge in [0.25, 0.3) is 0 Å². The largest absolute Gasteiger partial charge is 0.464 e. The zero-order valence-corrected chi connectivity index (χ0v) is 12.7. The molecular formula is C14H20N4O3. The Morgan fingerprint density at radius 3 is 2.57 bits per heavy atom. The van der Waals surface area contributed by atoms with Crippen LogP contribution in [0.4, 0.5) is 5.82 Å². The van der Waals surface area contributed by atoms with Crippen LogP contribution in [-0.4, -0.2) is 53.0 Å². The Kier molecular flexibility index (Phi) is 4.40. The first-order chi connectivity index (χ1) is 9.90. The molecule has 1 aromatic heterocycles. The van der Waals surface area contributed by atoms with Gasteiger partial charge < -0.3 is 15.0 Å². The number of ether oxygens (including phenoxy) is 1. The molecule has 1 amide bonds. The fourth-order valence-corrected chi connectivity index (χ4v) is 2.04. The fourth-order valence-electron chi connectivity index (χ4n) is 2.04. The standard InChI is InChI=1S/C14H20N4O3/c1-8(2)13-16-11(14(20)21-4)5-12(17-13)15-10-6-18(7-10)9(3)19/h5,8,10H,6-7H2,1-4H3,(H,15,16,17). The van der Waals surface area contributed by atoms with Crippen LogP contribution in [-0.2, 0) is 9.53 Å². The number of anilines is 1. The van der Waals surface area contributed by atoms with Crippen LogP contribution in [0.25, 0.3) is 0 Å². The molecule has 1 aliphatic rings. The highest BCUT2D eigenvalue weighted by Crippen LogP contribution is 2.18. The number of carbonyl (C=O) groups excluding carboxylic acids is 2. The highest BCUT2D eigenvalue weighted by atomic mass is 16.5. The number of esters is 1. The Balaban J connectivity index is 2.13. The van der Waals surface area contributed by atoms with Crippen molar-refractivity contribution in [1.82, 2.24) is 14.9 Å². The molecule has 1 aromatic rings. The minimum atomic E-state index is -0.485. The first-order valence-corrected chi connectivity index (χ1v) is 6.90. The Hall–Kier alpha value is -2.18. The Labute approximate surface area is 123 Å². The van der Waals surface area contributed by atoms with Crippen LogP contribution in [0, 0.1) is 0 Å². The predicted molar refractivity (Wildman–Crippen MR) is 77.1 cm³/mol. The first-order valence-electron chi connectivity index (χ1n) is 6.90. The van der Waals surface area contributed by atoms with Gasteiger partial charge in [0.2, 0.25) is 5.91 Å². The van der Waals surface area contributed by atoms with E-state index < -0.39 is 5.97 Å². The lowest BCUT2D eigenvalue weighted by molar-refractivity contribution is -0.132. The van der Waals surface area contributed by atoms with Crippen LogP contribution in [0.15, 0.2) is 6.07 Å². The Morgan fingerprint density at radius 1 is 1.38 bits per heavy atom. The molecule has 1 fully saturated rings. The maximum atomic E-state index is 11.7. The van der Waals surface area contributed by atoms with Crippen molar-refractivity contribution in [2.45, 2.75) is 32.7 Å². The van der Waals surface area contributed by atoms with Crippen molar-refractivity contribution >= 4 is 17.7 Å². The summed E-state index contributed by atoms with van der Waals surface area (Å²) in [5.41, 5.74) is 0.237. The molecule has 7 nitrogen and oxygen atoms in total. The van der Waals surface area contributed by atoms with E-state index in [-0.39, 0.29) is 23.6 Å². The third-order valence-corrected chi connectivity index (χ3v) is 3.33. The number of hydrogen-bond acceptors (Lipinski definition) is 6. The van der Waals surface area contributed by atoms with Crippen molar-refractivity contribution in [1.29, 1.82) is 0 Å². The molecule has 2 heterocycles. The summed E-state index contributed by atoms with van der Waals surface area (Å²) in [6, 6.07) is 1.73. The molecule has 114 valence electrons.